The molecule has 2 aliphatic carbocycles. The van der Waals surface area contributed by atoms with Crippen LogP contribution in [0, 0.1) is 5.41 Å². The number of carbonyl (C=O) groups is 1. The second-order valence-corrected chi connectivity index (χ2v) is 9.54. The average Bonchev–Trinajstić information content (AvgIpc) is 3.23. The molecular weight excluding hydrogens is 362 g/mol. The lowest BCUT2D eigenvalue weighted by Crippen LogP contribution is -2.34. The number of ether oxygens (including phenoxy) is 2. The molecule has 4 heteroatoms. The zero-order valence-corrected chi connectivity index (χ0v) is 18.0. The molecule has 0 radical (unpaired) electrons. The highest BCUT2D eigenvalue weighted by atomic mass is 16.5. The van der Waals surface area contributed by atoms with Crippen LogP contribution in [0.2, 0.25) is 0 Å². The van der Waals surface area contributed by atoms with Crippen molar-refractivity contribution in [2.45, 2.75) is 82.7 Å². The van der Waals surface area contributed by atoms with Crippen molar-refractivity contribution >= 4 is 5.97 Å². The van der Waals surface area contributed by atoms with E-state index in [1.54, 1.807) is 0 Å². The Morgan fingerprint density at radius 1 is 1.00 bits per heavy atom. The number of rotatable bonds is 6. The number of hydrogen-bond donors (Lipinski definition) is 0. The summed E-state index contributed by atoms with van der Waals surface area (Å²) in [7, 11) is 1.46. The molecule has 0 bridgehead atoms. The fourth-order valence-corrected chi connectivity index (χ4v) is 5.80. The molecule has 1 saturated heterocycles. The number of esters is 1. The Labute approximate surface area is 175 Å². The summed E-state index contributed by atoms with van der Waals surface area (Å²) in [5.74, 6) is 1.55. The topological polar surface area (TPSA) is 38.8 Å². The molecule has 0 unspecified atom stereocenters. The Balaban J connectivity index is 1.21. The summed E-state index contributed by atoms with van der Waals surface area (Å²) in [6.45, 7) is 2.93. The van der Waals surface area contributed by atoms with Gasteiger partial charge in [-0.3, -0.25) is 4.79 Å². The first-order chi connectivity index (χ1) is 14.2. The number of carbonyl (C=O) groups excluding carboxylic acids is 1. The van der Waals surface area contributed by atoms with E-state index in [1.807, 2.05) is 0 Å². The molecule has 4 rings (SSSR count). The van der Waals surface area contributed by atoms with Gasteiger partial charge >= 0.3 is 5.97 Å². The van der Waals surface area contributed by atoms with Gasteiger partial charge in [0.05, 0.1) is 19.6 Å². The third kappa shape index (κ3) is 5.33. The highest BCUT2D eigenvalue weighted by Gasteiger charge is 2.38. The standard InChI is InChI=1S/C25H37NO3/c1-28-24(27)12-19-26-17-10-21(11-18-26)20-4-6-22(7-5-20)29-23-8-15-25(16-9-23)13-2-3-14-25/h4-7,21,23H,2-3,8-19H2,1H3. The molecule has 160 valence electrons. The highest BCUT2D eigenvalue weighted by Crippen LogP contribution is 2.49. The van der Waals surface area contributed by atoms with Crippen LogP contribution in [-0.2, 0) is 9.53 Å². The number of nitrogens with zero attached hydrogens (tertiary/aromatic N) is 1. The maximum Gasteiger partial charge on any atom is 0.306 e. The summed E-state index contributed by atoms with van der Waals surface area (Å²) >= 11 is 0. The van der Waals surface area contributed by atoms with E-state index < -0.39 is 0 Å². The van der Waals surface area contributed by atoms with E-state index in [0.29, 0.717) is 23.9 Å². The smallest absolute Gasteiger partial charge is 0.306 e. The molecule has 3 aliphatic rings. The fraction of sp³-hybridized carbons (Fsp3) is 0.720. The molecule has 1 spiro atoms. The van der Waals surface area contributed by atoms with Gasteiger partial charge in [0.25, 0.3) is 0 Å². The highest BCUT2D eigenvalue weighted by molar-refractivity contribution is 5.69. The molecule has 1 aromatic carbocycles. The minimum atomic E-state index is -0.112. The number of likely N-dealkylation sites (tertiary alicyclic amines) is 1. The first kappa shape index (κ1) is 20.7. The summed E-state index contributed by atoms with van der Waals surface area (Å²) in [4.78, 5) is 13.7. The van der Waals surface area contributed by atoms with Gasteiger partial charge in [0.1, 0.15) is 5.75 Å². The zero-order chi connectivity index (χ0) is 20.1. The lowest BCUT2D eigenvalue weighted by atomic mass is 9.72. The summed E-state index contributed by atoms with van der Waals surface area (Å²) < 4.78 is 11.1. The van der Waals surface area contributed by atoms with Crippen LogP contribution in [0.5, 0.6) is 5.75 Å². The van der Waals surface area contributed by atoms with E-state index in [2.05, 4.69) is 29.2 Å². The number of methoxy groups -OCH3 is 1. The summed E-state index contributed by atoms with van der Waals surface area (Å²) in [5, 5.41) is 0. The Kier molecular flexibility index (Phi) is 6.79. The van der Waals surface area contributed by atoms with Crippen LogP contribution in [0.3, 0.4) is 0 Å². The molecule has 0 atom stereocenters. The van der Waals surface area contributed by atoms with E-state index in [1.165, 1.54) is 64.0 Å². The molecule has 4 nitrogen and oxygen atoms in total. The van der Waals surface area contributed by atoms with Gasteiger partial charge < -0.3 is 14.4 Å². The molecule has 0 N–H and O–H groups in total. The second kappa shape index (κ2) is 9.51. The van der Waals surface area contributed by atoms with Crippen molar-refractivity contribution in [2.24, 2.45) is 5.41 Å². The van der Waals surface area contributed by atoms with Gasteiger partial charge in [0.15, 0.2) is 0 Å². The van der Waals surface area contributed by atoms with Crippen LogP contribution in [0.25, 0.3) is 0 Å². The maximum absolute atomic E-state index is 11.3. The SMILES string of the molecule is COC(=O)CCN1CCC(c2ccc(OC3CCC4(CCCC4)CC3)cc2)CC1. The van der Waals surface area contributed by atoms with Crippen molar-refractivity contribution in [3.05, 3.63) is 29.8 Å². The van der Waals surface area contributed by atoms with Crippen LogP contribution in [0.15, 0.2) is 24.3 Å². The Bertz CT molecular complexity index is 647. The van der Waals surface area contributed by atoms with Crippen LogP contribution < -0.4 is 4.74 Å². The Morgan fingerprint density at radius 3 is 2.28 bits per heavy atom. The minimum Gasteiger partial charge on any atom is -0.490 e. The van der Waals surface area contributed by atoms with Crippen molar-refractivity contribution in [1.82, 2.24) is 4.90 Å². The first-order valence-electron chi connectivity index (χ1n) is 11.7. The average molecular weight is 400 g/mol. The van der Waals surface area contributed by atoms with Crippen LogP contribution in [0.1, 0.15) is 82.1 Å². The fourth-order valence-electron chi connectivity index (χ4n) is 5.80. The lowest BCUT2D eigenvalue weighted by molar-refractivity contribution is -0.141. The third-order valence-corrected chi connectivity index (χ3v) is 7.76. The molecule has 29 heavy (non-hydrogen) atoms. The van der Waals surface area contributed by atoms with E-state index in [-0.39, 0.29) is 5.97 Å². The van der Waals surface area contributed by atoms with Gasteiger partial charge in [0, 0.05) is 6.54 Å². The second-order valence-electron chi connectivity index (χ2n) is 9.54. The first-order valence-corrected chi connectivity index (χ1v) is 11.7. The number of piperidine rings is 1. The van der Waals surface area contributed by atoms with Crippen molar-refractivity contribution in [1.29, 1.82) is 0 Å². The molecule has 0 aromatic heterocycles. The van der Waals surface area contributed by atoms with E-state index in [4.69, 9.17) is 9.47 Å². The monoisotopic (exact) mass is 399 g/mol. The van der Waals surface area contributed by atoms with Gasteiger partial charge in [-0.15, -0.1) is 0 Å². The van der Waals surface area contributed by atoms with Gasteiger partial charge in [-0.2, -0.15) is 0 Å². The largest absolute Gasteiger partial charge is 0.490 e. The normalized spacial score (nSPS) is 23.3. The van der Waals surface area contributed by atoms with Crippen LogP contribution >= 0.6 is 0 Å². The van der Waals surface area contributed by atoms with Crippen molar-refractivity contribution in [3.8, 4) is 5.75 Å². The van der Waals surface area contributed by atoms with Crippen molar-refractivity contribution in [3.63, 3.8) is 0 Å². The molecule has 3 fully saturated rings. The Hall–Kier alpha value is -1.55. The van der Waals surface area contributed by atoms with E-state index >= 15 is 0 Å². The predicted octanol–water partition coefficient (Wildman–Crippen LogP) is 5.31. The number of hydrogen-bond acceptors (Lipinski definition) is 4. The Morgan fingerprint density at radius 2 is 1.66 bits per heavy atom. The van der Waals surface area contributed by atoms with Crippen LogP contribution in [0.4, 0.5) is 0 Å². The molecule has 0 amide bonds. The third-order valence-electron chi connectivity index (χ3n) is 7.76. The molecule has 1 aliphatic heterocycles. The maximum atomic E-state index is 11.3. The molecular formula is C25H37NO3. The summed E-state index contributed by atoms with van der Waals surface area (Å²) in [6.07, 6.45) is 14.2. The van der Waals surface area contributed by atoms with Crippen LogP contribution in [-0.4, -0.2) is 43.7 Å². The zero-order valence-electron chi connectivity index (χ0n) is 18.0. The lowest BCUT2D eigenvalue weighted by Gasteiger charge is -2.37. The van der Waals surface area contributed by atoms with Gasteiger partial charge in [-0.1, -0.05) is 25.0 Å². The minimum absolute atomic E-state index is 0.112. The number of benzene rings is 1. The molecule has 1 aromatic rings. The molecule has 1 heterocycles. The summed E-state index contributed by atoms with van der Waals surface area (Å²) in [5.41, 5.74) is 2.11. The predicted molar refractivity (Wildman–Crippen MR) is 115 cm³/mol. The van der Waals surface area contributed by atoms with Crippen molar-refractivity contribution in [2.75, 3.05) is 26.7 Å². The van der Waals surface area contributed by atoms with E-state index in [0.717, 1.165) is 38.2 Å². The van der Waals surface area contributed by atoms with Gasteiger partial charge in [-0.25, -0.2) is 0 Å². The van der Waals surface area contributed by atoms with Gasteiger partial charge in [-0.05, 0) is 93.5 Å². The molecule has 2 saturated carbocycles. The summed E-state index contributed by atoms with van der Waals surface area (Å²) in [6, 6.07) is 8.90. The van der Waals surface area contributed by atoms with E-state index in [9.17, 15) is 4.79 Å². The quantitative estimate of drug-likeness (QED) is 0.608. The van der Waals surface area contributed by atoms with Crippen molar-refractivity contribution < 1.29 is 14.3 Å². The van der Waals surface area contributed by atoms with Gasteiger partial charge in [0.2, 0.25) is 0 Å².